The second-order valence-corrected chi connectivity index (χ2v) is 5.74. The standard InChI is InChI=1S/C17H27NO2/c1-5-15-11-12(2)6-7-16(15)17(20)18-14(4)10-13(3)8-9-19/h6-7,11,13-14,19H,5,8-10H2,1-4H3,(H,18,20). The van der Waals surface area contributed by atoms with Crippen molar-refractivity contribution >= 4 is 5.91 Å². The Morgan fingerprint density at radius 2 is 2.05 bits per heavy atom. The zero-order chi connectivity index (χ0) is 15.1. The van der Waals surface area contributed by atoms with Crippen LogP contribution in [0.15, 0.2) is 18.2 Å². The van der Waals surface area contributed by atoms with E-state index in [0.29, 0.717) is 5.92 Å². The van der Waals surface area contributed by atoms with Crippen molar-refractivity contribution in [1.82, 2.24) is 5.32 Å². The van der Waals surface area contributed by atoms with Gasteiger partial charge in [0.25, 0.3) is 5.91 Å². The minimum Gasteiger partial charge on any atom is -0.396 e. The Morgan fingerprint density at radius 1 is 1.35 bits per heavy atom. The molecule has 0 radical (unpaired) electrons. The molecule has 0 heterocycles. The largest absolute Gasteiger partial charge is 0.396 e. The van der Waals surface area contributed by atoms with Crippen LogP contribution in [0.2, 0.25) is 0 Å². The summed E-state index contributed by atoms with van der Waals surface area (Å²) in [5.41, 5.74) is 3.06. The zero-order valence-corrected chi connectivity index (χ0v) is 13.1. The molecule has 1 aromatic carbocycles. The molecule has 1 amide bonds. The molecule has 0 bridgehead atoms. The third-order valence-corrected chi connectivity index (χ3v) is 3.64. The molecule has 3 heteroatoms. The van der Waals surface area contributed by atoms with Gasteiger partial charge in [0.1, 0.15) is 0 Å². The Morgan fingerprint density at radius 3 is 2.65 bits per heavy atom. The molecular formula is C17H27NO2. The van der Waals surface area contributed by atoms with Gasteiger partial charge in [-0.2, -0.15) is 0 Å². The predicted molar refractivity (Wildman–Crippen MR) is 83.0 cm³/mol. The van der Waals surface area contributed by atoms with Crippen LogP contribution in [-0.2, 0) is 6.42 Å². The molecule has 0 aromatic heterocycles. The van der Waals surface area contributed by atoms with Crippen LogP contribution in [0, 0.1) is 12.8 Å². The number of aliphatic hydroxyl groups excluding tert-OH is 1. The number of rotatable bonds is 7. The first-order valence-electron chi connectivity index (χ1n) is 7.49. The molecule has 112 valence electrons. The molecule has 2 atom stereocenters. The molecule has 0 saturated heterocycles. The van der Waals surface area contributed by atoms with Gasteiger partial charge in [-0.15, -0.1) is 0 Å². The van der Waals surface area contributed by atoms with Crippen molar-refractivity contribution in [3.05, 3.63) is 34.9 Å². The number of hydrogen-bond donors (Lipinski definition) is 2. The third-order valence-electron chi connectivity index (χ3n) is 3.64. The van der Waals surface area contributed by atoms with Crippen LogP contribution in [0.25, 0.3) is 0 Å². The minimum atomic E-state index is 0.00514. The van der Waals surface area contributed by atoms with Crippen molar-refractivity contribution in [1.29, 1.82) is 0 Å². The molecule has 0 fully saturated rings. The predicted octanol–water partition coefficient (Wildman–Crippen LogP) is 3.08. The maximum atomic E-state index is 12.3. The Hall–Kier alpha value is -1.35. The lowest BCUT2D eigenvalue weighted by molar-refractivity contribution is 0.0933. The van der Waals surface area contributed by atoms with Crippen LogP contribution in [-0.4, -0.2) is 23.7 Å². The molecular weight excluding hydrogens is 250 g/mol. The first-order valence-corrected chi connectivity index (χ1v) is 7.49. The van der Waals surface area contributed by atoms with Crippen molar-refractivity contribution in [3.8, 4) is 0 Å². The maximum Gasteiger partial charge on any atom is 0.251 e. The summed E-state index contributed by atoms with van der Waals surface area (Å²) in [7, 11) is 0. The zero-order valence-electron chi connectivity index (χ0n) is 13.1. The van der Waals surface area contributed by atoms with E-state index in [0.717, 1.165) is 30.4 Å². The van der Waals surface area contributed by atoms with E-state index in [9.17, 15) is 4.79 Å². The summed E-state index contributed by atoms with van der Waals surface area (Å²) in [6, 6.07) is 6.09. The lowest BCUT2D eigenvalue weighted by atomic mass is 9.98. The minimum absolute atomic E-state index is 0.00514. The molecule has 0 aliphatic rings. The van der Waals surface area contributed by atoms with Crippen LogP contribution in [0.1, 0.15) is 55.1 Å². The van der Waals surface area contributed by atoms with E-state index in [2.05, 4.69) is 25.2 Å². The fourth-order valence-corrected chi connectivity index (χ4v) is 2.54. The Kier molecular flexibility index (Phi) is 6.73. The van der Waals surface area contributed by atoms with E-state index in [1.54, 1.807) is 0 Å². The van der Waals surface area contributed by atoms with Gasteiger partial charge in [-0.05, 0) is 50.7 Å². The average molecular weight is 277 g/mol. The Balaban J connectivity index is 2.66. The molecule has 3 nitrogen and oxygen atoms in total. The quantitative estimate of drug-likeness (QED) is 0.804. The van der Waals surface area contributed by atoms with Crippen molar-refractivity contribution in [2.24, 2.45) is 5.92 Å². The van der Waals surface area contributed by atoms with Gasteiger partial charge in [0.05, 0.1) is 0 Å². The summed E-state index contributed by atoms with van der Waals surface area (Å²) in [6.45, 7) is 8.44. The first kappa shape index (κ1) is 16.7. The van der Waals surface area contributed by atoms with Gasteiger partial charge < -0.3 is 10.4 Å². The number of amides is 1. The van der Waals surface area contributed by atoms with E-state index in [-0.39, 0.29) is 18.6 Å². The van der Waals surface area contributed by atoms with Gasteiger partial charge in [-0.1, -0.05) is 31.5 Å². The van der Waals surface area contributed by atoms with Gasteiger partial charge in [0, 0.05) is 18.2 Å². The molecule has 2 unspecified atom stereocenters. The highest BCUT2D eigenvalue weighted by Gasteiger charge is 2.15. The van der Waals surface area contributed by atoms with Crippen molar-refractivity contribution in [2.45, 2.75) is 53.0 Å². The summed E-state index contributed by atoms with van der Waals surface area (Å²) in [5.74, 6) is 0.421. The van der Waals surface area contributed by atoms with Gasteiger partial charge >= 0.3 is 0 Å². The van der Waals surface area contributed by atoms with Gasteiger partial charge in [0.2, 0.25) is 0 Å². The van der Waals surface area contributed by atoms with E-state index >= 15 is 0 Å². The summed E-state index contributed by atoms with van der Waals surface area (Å²) in [5, 5.41) is 12.0. The van der Waals surface area contributed by atoms with Crippen LogP contribution in [0.5, 0.6) is 0 Å². The SMILES string of the molecule is CCc1cc(C)ccc1C(=O)NC(C)CC(C)CCO. The summed E-state index contributed by atoms with van der Waals surface area (Å²) in [6.07, 6.45) is 2.53. The summed E-state index contributed by atoms with van der Waals surface area (Å²) < 4.78 is 0. The normalized spacial score (nSPS) is 13.8. The number of hydrogen-bond acceptors (Lipinski definition) is 2. The van der Waals surface area contributed by atoms with Gasteiger partial charge in [-0.25, -0.2) is 0 Å². The smallest absolute Gasteiger partial charge is 0.251 e. The highest BCUT2D eigenvalue weighted by atomic mass is 16.3. The van der Waals surface area contributed by atoms with Gasteiger partial charge in [-0.3, -0.25) is 4.79 Å². The topological polar surface area (TPSA) is 49.3 Å². The molecule has 0 spiro atoms. The average Bonchev–Trinajstić information content (AvgIpc) is 2.38. The van der Waals surface area contributed by atoms with Crippen LogP contribution in [0.3, 0.4) is 0 Å². The van der Waals surface area contributed by atoms with E-state index in [1.165, 1.54) is 5.56 Å². The Labute approximate surface area is 122 Å². The van der Waals surface area contributed by atoms with Crippen molar-refractivity contribution in [2.75, 3.05) is 6.61 Å². The molecule has 0 aliphatic heterocycles. The monoisotopic (exact) mass is 277 g/mol. The lowest BCUT2D eigenvalue weighted by Crippen LogP contribution is -2.34. The number of aliphatic hydroxyl groups is 1. The molecule has 20 heavy (non-hydrogen) atoms. The van der Waals surface area contributed by atoms with Crippen LogP contribution >= 0.6 is 0 Å². The molecule has 0 aliphatic carbocycles. The van der Waals surface area contributed by atoms with Crippen LogP contribution < -0.4 is 5.32 Å². The highest BCUT2D eigenvalue weighted by molar-refractivity contribution is 5.95. The first-order chi connectivity index (χ1) is 9.47. The molecule has 0 saturated carbocycles. The number of carbonyl (C=O) groups excluding carboxylic acids is 1. The second-order valence-electron chi connectivity index (χ2n) is 5.74. The molecule has 1 rings (SSSR count). The van der Waals surface area contributed by atoms with E-state index in [4.69, 9.17) is 5.11 Å². The van der Waals surface area contributed by atoms with Crippen molar-refractivity contribution in [3.63, 3.8) is 0 Å². The number of aryl methyl sites for hydroxylation is 2. The highest BCUT2D eigenvalue weighted by Crippen LogP contribution is 2.14. The number of nitrogens with one attached hydrogen (secondary N) is 1. The Bertz CT molecular complexity index is 443. The summed E-state index contributed by atoms with van der Waals surface area (Å²) in [4.78, 5) is 12.3. The van der Waals surface area contributed by atoms with E-state index in [1.807, 2.05) is 26.0 Å². The van der Waals surface area contributed by atoms with E-state index < -0.39 is 0 Å². The molecule has 1 aromatic rings. The lowest BCUT2D eigenvalue weighted by Gasteiger charge is -2.19. The van der Waals surface area contributed by atoms with Crippen molar-refractivity contribution < 1.29 is 9.90 Å². The van der Waals surface area contributed by atoms with Gasteiger partial charge in [0.15, 0.2) is 0 Å². The second kappa shape index (κ2) is 8.05. The summed E-state index contributed by atoms with van der Waals surface area (Å²) >= 11 is 0. The fraction of sp³-hybridized carbons (Fsp3) is 0.588. The number of carbonyl (C=O) groups is 1. The third kappa shape index (κ3) is 4.97. The van der Waals surface area contributed by atoms with Crippen LogP contribution in [0.4, 0.5) is 0 Å². The molecule has 2 N–H and O–H groups in total. The maximum absolute atomic E-state index is 12.3. The number of benzene rings is 1. The fourth-order valence-electron chi connectivity index (χ4n) is 2.54.